The highest BCUT2D eigenvalue weighted by molar-refractivity contribution is 7.16. The van der Waals surface area contributed by atoms with Crippen LogP contribution in [0.4, 0.5) is 5.13 Å². The number of aromatic nitrogens is 3. The van der Waals surface area contributed by atoms with Crippen LogP contribution in [0.3, 0.4) is 0 Å². The summed E-state index contributed by atoms with van der Waals surface area (Å²) in [7, 11) is 1.30. The molecule has 3 rings (SSSR count). The molecule has 1 aromatic carbocycles. The number of nitrogens with one attached hydrogen (secondary N) is 1. The highest BCUT2D eigenvalue weighted by Crippen LogP contribution is 2.23. The van der Waals surface area contributed by atoms with Gasteiger partial charge in [-0.3, -0.25) is 10.1 Å². The lowest BCUT2D eigenvalue weighted by atomic mass is 10.2. The Bertz CT molecular complexity index is 990. The summed E-state index contributed by atoms with van der Waals surface area (Å²) in [6, 6.07) is 9.13. The highest BCUT2D eigenvalue weighted by Gasteiger charge is 2.18. The third-order valence-corrected chi connectivity index (χ3v) is 4.64. The van der Waals surface area contributed by atoms with Crippen LogP contribution >= 0.6 is 11.3 Å². The number of rotatable bonds is 4. The number of thiazole rings is 1. The van der Waals surface area contributed by atoms with E-state index in [1.807, 2.05) is 26.0 Å². The summed E-state index contributed by atoms with van der Waals surface area (Å²) in [5.74, 6) is -0.829. The average molecular weight is 370 g/mol. The van der Waals surface area contributed by atoms with Crippen LogP contribution in [0.5, 0.6) is 0 Å². The van der Waals surface area contributed by atoms with Crippen LogP contribution < -0.4 is 5.32 Å². The van der Waals surface area contributed by atoms with Gasteiger partial charge in [-0.15, -0.1) is 11.3 Å². The van der Waals surface area contributed by atoms with Crippen molar-refractivity contribution in [3.05, 3.63) is 57.9 Å². The molecule has 0 saturated carbocycles. The zero-order valence-electron chi connectivity index (χ0n) is 14.9. The molecule has 7 nitrogen and oxygen atoms in total. The second-order valence-electron chi connectivity index (χ2n) is 5.76. The van der Waals surface area contributed by atoms with Gasteiger partial charge in [-0.25, -0.2) is 14.5 Å². The Morgan fingerprint density at radius 2 is 1.96 bits per heavy atom. The van der Waals surface area contributed by atoms with Crippen molar-refractivity contribution in [2.45, 2.75) is 20.8 Å². The largest absolute Gasteiger partial charge is 0.464 e. The molecule has 0 radical (unpaired) electrons. The van der Waals surface area contributed by atoms with Crippen molar-refractivity contribution in [3.63, 3.8) is 0 Å². The summed E-state index contributed by atoms with van der Waals surface area (Å²) < 4.78 is 6.47. The fourth-order valence-corrected chi connectivity index (χ4v) is 3.37. The normalized spacial score (nSPS) is 10.6. The van der Waals surface area contributed by atoms with Crippen LogP contribution in [0, 0.1) is 20.8 Å². The monoisotopic (exact) mass is 370 g/mol. The molecule has 0 aliphatic carbocycles. The summed E-state index contributed by atoms with van der Waals surface area (Å²) in [6.45, 7) is 5.63. The number of esters is 1. The van der Waals surface area contributed by atoms with Crippen LogP contribution in [-0.4, -0.2) is 33.8 Å². The first kappa shape index (κ1) is 17.8. The van der Waals surface area contributed by atoms with Crippen molar-refractivity contribution in [2.24, 2.45) is 0 Å². The molecule has 2 heterocycles. The Morgan fingerprint density at radius 1 is 1.19 bits per heavy atom. The summed E-state index contributed by atoms with van der Waals surface area (Å²) in [6.07, 6.45) is 0. The fourth-order valence-electron chi connectivity index (χ4n) is 2.57. The second-order valence-corrected chi connectivity index (χ2v) is 6.96. The van der Waals surface area contributed by atoms with E-state index in [2.05, 4.69) is 20.1 Å². The molecule has 3 aromatic rings. The lowest BCUT2D eigenvalue weighted by molar-refractivity contribution is 0.0594. The predicted octanol–water partition coefficient (Wildman–Crippen LogP) is 3.29. The molecule has 134 valence electrons. The van der Waals surface area contributed by atoms with Gasteiger partial charge < -0.3 is 4.74 Å². The minimum atomic E-state index is -0.522. The van der Waals surface area contributed by atoms with Gasteiger partial charge >= 0.3 is 5.97 Å². The number of aryl methyl sites for hydroxylation is 3. The maximum absolute atomic E-state index is 12.6. The molecule has 0 bridgehead atoms. The van der Waals surface area contributed by atoms with Gasteiger partial charge in [0.05, 0.1) is 18.5 Å². The number of ether oxygens (including phenoxy) is 1. The third kappa shape index (κ3) is 3.50. The van der Waals surface area contributed by atoms with Crippen molar-refractivity contribution >= 4 is 28.3 Å². The Balaban J connectivity index is 1.84. The van der Waals surface area contributed by atoms with Crippen molar-refractivity contribution in [1.29, 1.82) is 0 Å². The molecule has 0 atom stereocenters. The molecule has 26 heavy (non-hydrogen) atoms. The number of carbonyl (C=O) groups excluding carboxylic acids is 2. The lowest BCUT2D eigenvalue weighted by Crippen LogP contribution is -2.13. The summed E-state index contributed by atoms with van der Waals surface area (Å²) in [5.41, 5.74) is 3.38. The molecule has 1 amide bonds. The maximum atomic E-state index is 12.6. The van der Waals surface area contributed by atoms with E-state index in [1.54, 1.807) is 29.8 Å². The molecule has 0 fully saturated rings. The molecule has 0 unspecified atom stereocenters. The summed E-state index contributed by atoms with van der Waals surface area (Å²) >= 11 is 1.23. The number of hydrogen-bond donors (Lipinski definition) is 1. The first-order chi connectivity index (χ1) is 12.4. The van der Waals surface area contributed by atoms with E-state index in [0.717, 1.165) is 17.1 Å². The first-order valence-electron chi connectivity index (χ1n) is 7.90. The Labute approximate surface area is 154 Å². The average Bonchev–Trinajstić information content (AvgIpc) is 3.15. The quantitative estimate of drug-likeness (QED) is 0.712. The van der Waals surface area contributed by atoms with Crippen molar-refractivity contribution in [3.8, 4) is 5.69 Å². The van der Waals surface area contributed by atoms with Crippen LogP contribution in [0.25, 0.3) is 5.69 Å². The van der Waals surface area contributed by atoms with Gasteiger partial charge in [0.15, 0.2) is 10.8 Å². The van der Waals surface area contributed by atoms with Crippen molar-refractivity contribution in [1.82, 2.24) is 14.8 Å². The van der Waals surface area contributed by atoms with E-state index in [9.17, 15) is 9.59 Å². The second kappa shape index (κ2) is 7.09. The van der Waals surface area contributed by atoms with Crippen LogP contribution in [0.2, 0.25) is 0 Å². The molecule has 2 aromatic heterocycles. The van der Waals surface area contributed by atoms with Gasteiger partial charge in [-0.1, -0.05) is 6.07 Å². The topological polar surface area (TPSA) is 86.1 Å². The van der Waals surface area contributed by atoms with E-state index < -0.39 is 5.97 Å². The molecule has 0 spiro atoms. The molecule has 1 N–H and O–H groups in total. The zero-order valence-corrected chi connectivity index (χ0v) is 15.7. The number of methoxy groups -OCH3 is 1. The lowest BCUT2D eigenvalue weighted by Gasteiger charge is -2.07. The number of amides is 1. The number of nitrogens with zero attached hydrogens (tertiary/aromatic N) is 3. The number of anilines is 1. The van der Waals surface area contributed by atoms with E-state index in [-0.39, 0.29) is 11.6 Å². The maximum Gasteiger partial charge on any atom is 0.357 e. The fraction of sp³-hybridized carbons (Fsp3) is 0.222. The minimum absolute atomic E-state index is 0.212. The van der Waals surface area contributed by atoms with Gasteiger partial charge in [-0.2, -0.15) is 5.10 Å². The van der Waals surface area contributed by atoms with Crippen LogP contribution in [-0.2, 0) is 4.74 Å². The Kier molecular flexibility index (Phi) is 4.85. The number of benzene rings is 1. The summed E-state index contributed by atoms with van der Waals surface area (Å²) in [5, 5.41) is 7.51. The molecule has 8 heteroatoms. The molecular formula is C18H18N4O3S. The molecule has 0 saturated heterocycles. The predicted molar refractivity (Wildman–Crippen MR) is 99.2 cm³/mol. The van der Waals surface area contributed by atoms with E-state index in [0.29, 0.717) is 15.6 Å². The standard InChI is InChI=1S/C18H18N4O3S/c1-10-8-11(2)22(21-10)14-7-5-6-13(9-14)16(23)20-18-19-15(12(3)26-18)17(24)25-4/h5-9H,1-4H3,(H,19,20,23). The minimum Gasteiger partial charge on any atom is -0.464 e. The Hall–Kier alpha value is -3.00. The van der Waals surface area contributed by atoms with Crippen molar-refractivity contribution < 1.29 is 14.3 Å². The van der Waals surface area contributed by atoms with Gasteiger partial charge in [0.2, 0.25) is 0 Å². The van der Waals surface area contributed by atoms with Crippen LogP contribution in [0.15, 0.2) is 30.3 Å². The highest BCUT2D eigenvalue weighted by atomic mass is 32.1. The Morgan fingerprint density at radius 3 is 2.62 bits per heavy atom. The zero-order chi connectivity index (χ0) is 18.8. The molecule has 0 aliphatic rings. The number of carbonyl (C=O) groups is 2. The first-order valence-corrected chi connectivity index (χ1v) is 8.71. The van der Waals surface area contributed by atoms with E-state index in [4.69, 9.17) is 0 Å². The van der Waals surface area contributed by atoms with Gasteiger partial charge in [0.25, 0.3) is 5.91 Å². The van der Waals surface area contributed by atoms with E-state index in [1.165, 1.54) is 18.4 Å². The van der Waals surface area contributed by atoms with Gasteiger partial charge in [0, 0.05) is 16.1 Å². The van der Waals surface area contributed by atoms with Gasteiger partial charge in [-0.05, 0) is 45.0 Å². The van der Waals surface area contributed by atoms with E-state index >= 15 is 0 Å². The molecule has 0 aliphatic heterocycles. The van der Waals surface area contributed by atoms with Gasteiger partial charge in [0.1, 0.15) is 0 Å². The number of hydrogen-bond acceptors (Lipinski definition) is 6. The SMILES string of the molecule is COC(=O)c1nc(NC(=O)c2cccc(-n3nc(C)cc3C)c2)sc1C. The summed E-state index contributed by atoms with van der Waals surface area (Å²) in [4.78, 5) is 29.0. The van der Waals surface area contributed by atoms with Crippen molar-refractivity contribution in [2.75, 3.05) is 12.4 Å². The molecular weight excluding hydrogens is 352 g/mol. The van der Waals surface area contributed by atoms with Crippen LogP contribution in [0.1, 0.15) is 37.1 Å². The third-order valence-electron chi connectivity index (χ3n) is 3.76. The smallest absolute Gasteiger partial charge is 0.357 e.